The third-order valence-electron chi connectivity index (χ3n) is 3.49. The van der Waals surface area contributed by atoms with Crippen LogP contribution in [0.3, 0.4) is 0 Å². The molecule has 0 amide bonds. The molecule has 2 heterocycles. The summed E-state index contributed by atoms with van der Waals surface area (Å²) in [7, 11) is 2.19. The lowest BCUT2D eigenvalue weighted by Crippen LogP contribution is -2.46. The third kappa shape index (κ3) is 3.48. The van der Waals surface area contributed by atoms with Crippen LogP contribution in [0, 0.1) is 12.8 Å². The molecule has 2 unspecified atom stereocenters. The summed E-state index contributed by atoms with van der Waals surface area (Å²) >= 11 is 0. The highest BCUT2D eigenvalue weighted by molar-refractivity contribution is 5.01. The van der Waals surface area contributed by atoms with Crippen LogP contribution in [0.5, 0.6) is 0 Å². The molecule has 1 aromatic heterocycles. The van der Waals surface area contributed by atoms with E-state index in [1.165, 1.54) is 19.5 Å². The molecule has 1 aliphatic heterocycles. The van der Waals surface area contributed by atoms with Gasteiger partial charge in [-0.1, -0.05) is 6.92 Å². The number of aryl methyl sites for hydroxylation is 1. The van der Waals surface area contributed by atoms with Crippen LogP contribution < -0.4 is 5.32 Å². The molecule has 2 rings (SSSR count). The van der Waals surface area contributed by atoms with E-state index in [0.717, 1.165) is 18.1 Å². The number of piperidine rings is 1. The zero-order valence-corrected chi connectivity index (χ0v) is 11.0. The molecule has 0 aliphatic carbocycles. The van der Waals surface area contributed by atoms with Crippen molar-refractivity contribution in [3.8, 4) is 0 Å². The van der Waals surface area contributed by atoms with Gasteiger partial charge in [-0.25, -0.2) is 9.97 Å². The van der Waals surface area contributed by atoms with Crippen molar-refractivity contribution in [2.24, 2.45) is 5.92 Å². The molecule has 4 nitrogen and oxygen atoms in total. The average Bonchev–Trinajstić information content (AvgIpc) is 2.28. The molecule has 1 aromatic rings. The number of hydrogen-bond acceptors (Lipinski definition) is 4. The molecule has 1 aliphatic rings. The van der Waals surface area contributed by atoms with Crippen molar-refractivity contribution >= 4 is 0 Å². The Balaban J connectivity index is 1.86. The van der Waals surface area contributed by atoms with Crippen LogP contribution in [-0.2, 0) is 6.54 Å². The Labute approximate surface area is 103 Å². The zero-order chi connectivity index (χ0) is 12.3. The van der Waals surface area contributed by atoms with Crippen molar-refractivity contribution in [1.82, 2.24) is 20.2 Å². The lowest BCUT2D eigenvalue weighted by molar-refractivity contribution is 0.174. The number of likely N-dealkylation sites (tertiary alicyclic amines) is 1. The van der Waals surface area contributed by atoms with Gasteiger partial charge in [0.2, 0.25) is 0 Å². The fourth-order valence-corrected chi connectivity index (χ4v) is 2.50. The lowest BCUT2D eigenvalue weighted by atomic mass is 9.94. The average molecular weight is 234 g/mol. The molecule has 4 heteroatoms. The van der Waals surface area contributed by atoms with E-state index in [9.17, 15) is 0 Å². The minimum absolute atomic E-state index is 0.612. The van der Waals surface area contributed by atoms with E-state index in [0.29, 0.717) is 12.0 Å². The van der Waals surface area contributed by atoms with E-state index in [4.69, 9.17) is 0 Å². The van der Waals surface area contributed by atoms with Crippen molar-refractivity contribution in [3.05, 3.63) is 23.8 Å². The second kappa shape index (κ2) is 5.56. The van der Waals surface area contributed by atoms with Crippen LogP contribution in [0.1, 0.15) is 24.9 Å². The number of hydrogen-bond donors (Lipinski definition) is 1. The Bertz CT molecular complexity index is 366. The lowest BCUT2D eigenvalue weighted by Gasteiger charge is -2.35. The highest BCUT2D eigenvalue weighted by atomic mass is 15.1. The Morgan fingerprint density at radius 2 is 2.35 bits per heavy atom. The topological polar surface area (TPSA) is 41.1 Å². The first-order valence-corrected chi connectivity index (χ1v) is 6.35. The Morgan fingerprint density at radius 3 is 3.06 bits per heavy atom. The summed E-state index contributed by atoms with van der Waals surface area (Å²) in [5.74, 6) is 1.55. The summed E-state index contributed by atoms with van der Waals surface area (Å²) in [6, 6.07) is 2.60. The summed E-state index contributed by atoms with van der Waals surface area (Å²) in [5, 5.41) is 3.62. The second-order valence-electron chi connectivity index (χ2n) is 5.11. The van der Waals surface area contributed by atoms with Crippen LogP contribution in [0.4, 0.5) is 0 Å². The number of nitrogens with zero attached hydrogens (tertiary/aromatic N) is 3. The Kier molecular flexibility index (Phi) is 4.07. The van der Waals surface area contributed by atoms with E-state index in [1.807, 2.05) is 19.2 Å². The molecule has 1 saturated heterocycles. The van der Waals surface area contributed by atoms with Crippen LogP contribution >= 0.6 is 0 Å². The number of rotatable bonds is 3. The molecule has 0 aromatic carbocycles. The molecule has 2 atom stereocenters. The molecule has 0 saturated carbocycles. The van der Waals surface area contributed by atoms with Gasteiger partial charge >= 0.3 is 0 Å². The van der Waals surface area contributed by atoms with E-state index >= 15 is 0 Å². The van der Waals surface area contributed by atoms with Crippen molar-refractivity contribution in [2.75, 3.05) is 20.1 Å². The largest absolute Gasteiger partial charge is 0.308 e. The predicted molar refractivity (Wildman–Crippen MR) is 68.7 cm³/mol. The molecule has 0 spiro atoms. The van der Waals surface area contributed by atoms with Gasteiger partial charge in [0.25, 0.3) is 0 Å². The maximum atomic E-state index is 4.41. The first-order valence-electron chi connectivity index (χ1n) is 6.35. The summed E-state index contributed by atoms with van der Waals surface area (Å²) in [5.41, 5.74) is 1.09. The second-order valence-corrected chi connectivity index (χ2v) is 5.11. The minimum Gasteiger partial charge on any atom is -0.308 e. The van der Waals surface area contributed by atoms with Crippen molar-refractivity contribution in [1.29, 1.82) is 0 Å². The molecule has 1 fully saturated rings. The third-order valence-corrected chi connectivity index (χ3v) is 3.49. The van der Waals surface area contributed by atoms with Gasteiger partial charge in [0, 0.05) is 25.3 Å². The molecular formula is C13H22N4. The fraction of sp³-hybridized carbons (Fsp3) is 0.692. The number of aromatic nitrogens is 2. The van der Waals surface area contributed by atoms with Crippen LogP contribution in [0.25, 0.3) is 0 Å². The van der Waals surface area contributed by atoms with Gasteiger partial charge in [0.1, 0.15) is 5.82 Å². The standard InChI is InChI=1S/C13H22N4/c1-10-9-17(3)7-5-13(10)15-8-12-4-6-14-11(2)16-12/h4,6,10,13,15H,5,7-9H2,1-3H3. The first-order chi connectivity index (χ1) is 8.15. The van der Waals surface area contributed by atoms with E-state index < -0.39 is 0 Å². The van der Waals surface area contributed by atoms with Crippen LogP contribution in [-0.4, -0.2) is 41.0 Å². The predicted octanol–water partition coefficient (Wildman–Crippen LogP) is 1.21. The minimum atomic E-state index is 0.612. The van der Waals surface area contributed by atoms with Gasteiger partial charge in [-0.05, 0) is 38.9 Å². The van der Waals surface area contributed by atoms with Gasteiger partial charge < -0.3 is 10.2 Å². The monoisotopic (exact) mass is 234 g/mol. The maximum Gasteiger partial charge on any atom is 0.125 e. The molecule has 94 valence electrons. The van der Waals surface area contributed by atoms with Gasteiger partial charge in [-0.3, -0.25) is 0 Å². The highest BCUT2D eigenvalue weighted by Gasteiger charge is 2.23. The summed E-state index contributed by atoms with van der Waals surface area (Å²) < 4.78 is 0. The normalized spacial score (nSPS) is 26.1. The summed E-state index contributed by atoms with van der Waals surface area (Å²) in [6.45, 7) is 7.47. The summed E-state index contributed by atoms with van der Waals surface area (Å²) in [4.78, 5) is 10.9. The molecule has 0 radical (unpaired) electrons. The number of nitrogens with one attached hydrogen (secondary N) is 1. The smallest absolute Gasteiger partial charge is 0.125 e. The highest BCUT2D eigenvalue weighted by Crippen LogP contribution is 2.15. The van der Waals surface area contributed by atoms with Crippen LogP contribution in [0.2, 0.25) is 0 Å². The van der Waals surface area contributed by atoms with Crippen LogP contribution in [0.15, 0.2) is 12.3 Å². The quantitative estimate of drug-likeness (QED) is 0.853. The molecule has 1 N–H and O–H groups in total. The van der Waals surface area contributed by atoms with Crippen molar-refractivity contribution in [2.45, 2.75) is 32.9 Å². The van der Waals surface area contributed by atoms with Gasteiger partial charge in [0.05, 0.1) is 5.69 Å². The van der Waals surface area contributed by atoms with Crippen molar-refractivity contribution in [3.63, 3.8) is 0 Å². The van der Waals surface area contributed by atoms with Gasteiger partial charge in [-0.2, -0.15) is 0 Å². The first kappa shape index (κ1) is 12.5. The van der Waals surface area contributed by atoms with E-state index in [1.54, 1.807) is 0 Å². The molecule has 17 heavy (non-hydrogen) atoms. The Morgan fingerprint density at radius 1 is 1.53 bits per heavy atom. The van der Waals surface area contributed by atoms with Crippen molar-refractivity contribution < 1.29 is 0 Å². The SMILES string of the molecule is Cc1nccc(CNC2CCN(C)CC2C)n1. The molecular weight excluding hydrogens is 212 g/mol. The maximum absolute atomic E-state index is 4.41. The molecule has 0 bridgehead atoms. The van der Waals surface area contributed by atoms with Gasteiger partial charge in [0.15, 0.2) is 0 Å². The zero-order valence-electron chi connectivity index (χ0n) is 11.0. The fourth-order valence-electron chi connectivity index (χ4n) is 2.50. The van der Waals surface area contributed by atoms with Gasteiger partial charge in [-0.15, -0.1) is 0 Å². The van der Waals surface area contributed by atoms with E-state index in [2.05, 4.69) is 34.2 Å². The Hall–Kier alpha value is -1.00. The summed E-state index contributed by atoms with van der Waals surface area (Å²) in [6.07, 6.45) is 3.05. The van der Waals surface area contributed by atoms with E-state index in [-0.39, 0.29) is 0 Å².